The van der Waals surface area contributed by atoms with Crippen molar-refractivity contribution in [2.24, 2.45) is 17.8 Å². The van der Waals surface area contributed by atoms with Crippen molar-refractivity contribution in [2.45, 2.75) is 128 Å². The van der Waals surface area contributed by atoms with E-state index in [1.165, 1.54) is 75.3 Å². The van der Waals surface area contributed by atoms with Gasteiger partial charge < -0.3 is 0 Å². The van der Waals surface area contributed by atoms with E-state index in [4.69, 9.17) is 11.6 Å². The number of allylic oxidation sites excluding steroid dienone is 4. The van der Waals surface area contributed by atoms with Gasteiger partial charge in [0.15, 0.2) is 0 Å². The Morgan fingerprint density at radius 1 is 0.743 bits per heavy atom. The molecule has 35 heavy (non-hydrogen) atoms. The molecule has 2 fully saturated rings. The van der Waals surface area contributed by atoms with Crippen LogP contribution in [0.25, 0.3) is 5.57 Å². The monoisotopic (exact) mass is 512 g/mol. The van der Waals surface area contributed by atoms with Crippen molar-refractivity contribution in [3.05, 3.63) is 53.1 Å². The third-order valence-electron chi connectivity index (χ3n) is 9.29. The molecule has 2 saturated carbocycles. The second-order valence-corrected chi connectivity index (χ2v) is 15.9. The molecule has 0 aromatic heterocycles. The van der Waals surface area contributed by atoms with Crippen molar-refractivity contribution in [3.63, 3.8) is 0 Å². The summed E-state index contributed by atoms with van der Waals surface area (Å²) in [6, 6.07) is 11.5. The van der Waals surface area contributed by atoms with Crippen molar-refractivity contribution in [1.82, 2.24) is 0 Å². The van der Waals surface area contributed by atoms with Gasteiger partial charge in [-0.1, -0.05) is 124 Å². The minimum Gasteiger partial charge on any atom is -0.117 e. The summed E-state index contributed by atoms with van der Waals surface area (Å²) in [5.41, 5.74) is 7.88. The van der Waals surface area contributed by atoms with Crippen LogP contribution in [0.5, 0.6) is 0 Å². The van der Waals surface area contributed by atoms with Crippen LogP contribution in [0.2, 0.25) is 0 Å². The third-order valence-corrected chi connectivity index (χ3v) is 14.5. The fourth-order valence-electron chi connectivity index (χ4n) is 7.61. The van der Waals surface area contributed by atoms with E-state index in [2.05, 4.69) is 78.0 Å². The maximum atomic E-state index is 7.96. The zero-order valence-corrected chi connectivity index (χ0v) is 25.0. The second kappa shape index (κ2) is 11.9. The molecule has 1 aromatic rings. The summed E-state index contributed by atoms with van der Waals surface area (Å²) in [4.78, 5) is 0. The van der Waals surface area contributed by atoms with Gasteiger partial charge in [0.05, 0.1) is 5.38 Å². The van der Waals surface area contributed by atoms with Crippen molar-refractivity contribution >= 4 is 25.1 Å². The van der Waals surface area contributed by atoms with Gasteiger partial charge in [-0.05, 0) is 77.0 Å². The summed E-state index contributed by atoms with van der Waals surface area (Å²) >= 11 is 7.96. The van der Waals surface area contributed by atoms with Gasteiger partial charge >= 0.3 is 0 Å². The van der Waals surface area contributed by atoms with Crippen LogP contribution < -0.4 is 0 Å². The lowest BCUT2D eigenvalue weighted by Crippen LogP contribution is -2.51. The molecule has 3 aliphatic carbocycles. The fraction of sp³-hybridized carbons (Fsp3) is 0.697. The minimum absolute atomic E-state index is 0.0379. The average Bonchev–Trinajstić information content (AvgIpc) is 2.86. The topological polar surface area (TPSA) is 0 Å². The first kappa shape index (κ1) is 27.5. The quantitative estimate of drug-likeness (QED) is 0.251. The van der Waals surface area contributed by atoms with Crippen LogP contribution in [0.15, 0.2) is 47.6 Å². The maximum Gasteiger partial charge on any atom is 0.0689 e. The summed E-state index contributed by atoms with van der Waals surface area (Å²) < 4.78 is 0. The number of benzene rings is 1. The van der Waals surface area contributed by atoms with Crippen LogP contribution in [-0.2, 0) is 0 Å². The Morgan fingerprint density at radius 2 is 1.26 bits per heavy atom. The molecule has 0 saturated heterocycles. The van der Waals surface area contributed by atoms with Gasteiger partial charge in [0.1, 0.15) is 0 Å². The van der Waals surface area contributed by atoms with E-state index in [9.17, 15) is 0 Å². The Bertz CT molecular complexity index is 865. The zero-order valence-electron chi connectivity index (χ0n) is 23.3. The van der Waals surface area contributed by atoms with Crippen LogP contribution in [-0.4, -0.2) is 21.9 Å². The molecule has 0 nitrogen and oxygen atoms in total. The Kier molecular flexibility index (Phi) is 9.30. The second-order valence-electron chi connectivity index (χ2n) is 12.5. The van der Waals surface area contributed by atoms with Crippen LogP contribution in [0, 0.1) is 17.8 Å². The van der Waals surface area contributed by atoms with Crippen LogP contribution in [0.4, 0.5) is 0 Å². The van der Waals surface area contributed by atoms with Crippen molar-refractivity contribution in [1.29, 1.82) is 0 Å². The van der Waals surface area contributed by atoms with Gasteiger partial charge in [0.2, 0.25) is 0 Å². The van der Waals surface area contributed by atoms with Gasteiger partial charge in [-0.25, -0.2) is 0 Å². The van der Waals surface area contributed by atoms with Crippen LogP contribution >= 0.6 is 19.5 Å². The molecule has 0 heterocycles. The van der Waals surface area contributed by atoms with Crippen molar-refractivity contribution < 1.29 is 0 Å². The van der Waals surface area contributed by atoms with Gasteiger partial charge in [0.25, 0.3) is 0 Å². The highest BCUT2D eigenvalue weighted by Gasteiger charge is 2.57. The molecular formula is C33H50ClP. The molecule has 0 N–H and O–H groups in total. The van der Waals surface area contributed by atoms with E-state index in [1.54, 1.807) is 11.1 Å². The van der Waals surface area contributed by atoms with E-state index >= 15 is 0 Å². The van der Waals surface area contributed by atoms with E-state index in [0.717, 1.165) is 11.3 Å². The van der Waals surface area contributed by atoms with Gasteiger partial charge in [-0.15, -0.1) is 11.6 Å². The Hall–Kier alpha value is -0.580. The minimum atomic E-state index is -0.275. The number of hydrogen-bond acceptors (Lipinski definition) is 0. The lowest BCUT2D eigenvalue weighted by atomic mass is 9.69. The molecule has 0 amide bonds. The maximum absolute atomic E-state index is 7.96. The molecule has 2 atom stereocenters. The molecule has 3 aliphatic rings. The Balaban J connectivity index is 2.05. The Labute approximate surface area is 223 Å². The first-order chi connectivity index (χ1) is 16.8. The highest BCUT2D eigenvalue weighted by molar-refractivity contribution is 7.61. The molecule has 194 valence electrons. The summed E-state index contributed by atoms with van der Waals surface area (Å²) in [7, 11) is -0.275. The number of rotatable bonds is 7. The predicted octanol–water partition coefficient (Wildman–Crippen LogP) is 10.8. The van der Waals surface area contributed by atoms with Crippen molar-refractivity contribution in [3.8, 4) is 0 Å². The molecule has 0 bridgehead atoms. The highest BCUT2D eigenvalue weighted by Crippen LogP contribution is 2.73. The largest absolute Gasteiger partial charge is 0.117 e. The lowest BCUT2D eigenvalue weighted by Gasteiger charge is -2.58. The molecule has 0 radical (unpaired) electrons. The molecule has 2 heteroatoms. The first-order valence-electron chi connectivity index (χ1n) is 14.7. The standard InChI is InChI=1S/C33H50ClP/c1-23(2)29-22-30(24(3)4)32(34)33(25(5)6,31(29)26-16-10-7-11-17-26)35(27-18-12-8-13-19-27)28-20-14-9-15-21-28/h7,10-11,16-17,22-25,27-28,32H,8-9,12-15,18-21H2,1-6H3. The van der Waals surface area contributed by atoms with E-state index in [0.29, 0.717) is 17.8 Å². The molecule has 0 spiro atoms. The smallest absolute Gasteiger partial charge is 0.0689 e. The van der Waals surface area contributed by atoms with Crippen LogP contribution in [0.1, 0.15) is 111 Å². The summed E-state index contributed by atoms with van der Waals surface area (Å²) in [6.07, 6.45) is 16.8. The highest BCUT2D eigenvalue weighted by atomic mass is 35.5. The van der Waals surface area contributed by atoms with E-state index in [1.807, 2.05) is 0 Å². The summed E-state index contributed by atoms with van der Waals surface area (Å²) in [5.74, 6) is 1.50. The van der Waals surface area contributed by atoms with Gasteiger partial charge in [-0.2, -0.15) is 0 Å². The molecule has 1 aromatic carbocycles. The number of alkyl halides is 1. The number of halogens is 1. The Morgan fingerprint density at radius 3 is 1.69 bits per heavy atom. The predicted molar refractivity (Wildman–Crippen MR) is 159 cm³/mol. The van der Waals surface area contributed by atoms with E-state index in [-0.39, 0.29) is 18.5 Å². The lowest BCUT2D eigenvalue weighted by molar-refractivity contribution is 0.441. The third kappa shape index (κ3) is 5.23. The van der Waals surface area contributed by atoms with E-state index < -0.39 is 0 Å². The summed E-state index contributed by atoms with van der Waals surface area (Å²) in [6.45, 7) is 14.6. The zero-order chi connectivity index (χ0) is 25.2. The molecule has 4 rings (SSSR count). The molecular weight excluding hydrogens is 463 g/mol. The average molecular weight is 513 g/mol. The van der Waals surface area contributed by atoms with Gasteiger partial charge in [0, 0.05) is 5.16 Å². The van der Waals surface area contributed by atoms with Gasteiger partial charge in [-0.3, -0.25) is 0 Å². The molecule has 0 aliphatic heterocycles. The molecule has 2 unspecified atom stereocenters. The normalized spacial score (nSPS) is 27.4. The van der Waals surface area contributed by atoms with Crippen molar-refractivity contribution in [2.75, 3.05) is 0 Å². The summed E-state index contributed by atoms with van der Waals surface area (Å²) in [5, 5.41) is 0.131. The SMILES string of the molecule is CC(C)C1=CC(C(C)C)=C(c2ccccc2)C(C(C)C)(P(C2CCCCC2)C2CCCCC2)C1Cl. The fourth-order valence-corrected chi connectivity index (χ4v) is 13.8. The first-order valence-corrected chi connectivity index (χ1v) is 16.7. The number of hydrogen-bond donors (Lipinski definition) is 0. The van der Waals surface area contributed by atoms with Crippen LogP contribution in [0.3, 0.4) is 0 Å².